The average molecular weight is 198 g/mol. The van der Waals surface area contributed by atoms with E-state index in [9.17, 15) is 4.79 Å². The van der Waals surface area contributed by atoms with Crippen molar-refractivity contribution in [2.75, 3.05) is 7.11 Å². The molecule has 0 bridgehead atoms. The fourth-order valence-electron chi connectivity index (χ4n) is 1.07. The topological polar surface area (TPSA) is 59.7 Å². The van der Waals surface area contributed by atoms with Gasteiger partial charge in [-0.1, -0.05) is 0 Å². The van der Waals surface area contributed by atoms with Crippen molar-refractivity contribution in [3.63, 3.8) is 0 Å². The van der Waals surface area contributed by atoms with Crippen molar-refractivity contribution in [1.29, 1.82) is 0 Å². The molecule has 0 aliphatic rings. The Kier molecular flexibility index (Phi) is 3.71. The summed E-state index contributed by atoms with van der Waals surface area (Å²) in [5.41, 5.74) is 0. The van der Waals surface area contributed by atoms with E-state index in [-0.39, 0.29) is 11.9 Å². The van der Waals surface area contributed by atoms with Crippen LogP contribution in [0.25, 0.3) is 0 Å². The third-order valence-corrected chi connectivity index (χ3v) is 1.86. The van der Waals surface area contributed by atoms with E-state index in [1.807, 2.05) is 0 Å². The molecule has 0 spiro atoms. The van der Waals surface area contributed by atoms with Crippen molar-refractivity contribution >= 4 is 5.97 Å². The van der Waals surface area contributed by atoms with Crippen molar-refractivity contribution in [2.45, 2.75) is 25.9 Å². The molecule has 0 unspecified atom stereocenters. The first-order valence-electron chi connectivity index (χ1n) is 4.48. The summed E-state index contributed by atoms with van der Waals surface area (Å²) in [5, 5.41) is 9.04. The molecule has 1 aromatic heterocycles. The van der Waals surface area contributed by atoms with Crippen LogP contribution in [-0.2, 0) is 11.2 Å². The Morgan fingerprint density at radius 1 is 1.64 bits per heavy atom. The molecule has 78 valence electrons. The van der Waals surface area contributed by atoms with Gasteiger partial charge in [-0.3, -0.25) is 0 Å². The molecule has 0 aliphatic carbocycles. The van der Waals surface area contributed by atoms with Gasteiger partial charge in [-0.2, -0.15) is 0 Å². The van der Waals surface area contributed by atoms with Crippen LogP contribution in [0.5, 0.6) is 0 Å². The van der Waals surface area contributed by atoms with Gasteiger partial charge in [0, 0.05) is 6.42 Å². The lowest BCUT2D eigenvalue weighted by atomic mass is 10.2. The predicted octanol–water partition coefficient (Wildman–Crippen LogP) is 1.38. The van der Waals surface area contributed by atoms with Crippen molar-refractivity contribution in [1.82, 2.24) is 0 Å². The third kappa shape index (κ3) is 2.88. The molecule has 0 aromatic carbocycles. The molecule has 4 nitrogen and oxygen atoms in total. The van der Waals surface area contributed by atoms with Crippen molar-refractivity contribution in [2.24, 2.45) is 0 Å². The number of aryl methyl sites for hydroxylation is 1. The van der Waals surface area contributed by atoms with E-state index in [0.29, 0.717) is 18.6 Å². The summed E-state index contributed by atoms with van der Waals surface area (Å²) >= 11 is 0. The fraction of sp³-hybridized carbons (Fsp3) is 0.500. The normalized spacial score (nSPS) is 12.5. The summed E-state index contributed by atoms with van der Waals surface area (Å²) in [5.74, 6) is 0.410. The lowest BCUT2D eigenvalue weighted by Gasteiger charge is -2.00. The van der Waals surface area contributed by atoms with Gasteiger partial charge in [0.1, 0.15) is 5.76 Å². The molecule has 1 aromatic rings. The smallest absolute Gasteiger partial charge is 0.373 e. The van der Waals surface area contributed by atoms with Crippen molar-refractivity contribution in [3.8, 4) is 0 Å². The lowest BCUT2D eigenvalue weighted by molar-refractivity contribution is 0.0563. The maximum absolute atomic E-state index is 11.0. The predicted molar refractivity (Wildman–Crippen MR) is 50.0 cm³/mol. The van der Waals surface area contributed by atoms with Crippen LogP contribution in [0.2, 0.25) is 0 Å². The second-order valence-electron chi connectivity index (χ2n) is 3.15. The summed E-state index contributed by atoms with van der Waals surface area (Å²) in [6.45, 7) is 1.71. The summed E-state index contributed by atoms with van der Waals surface area (Å²) in [6, 6.07) is 3.29. The van der Waals surface area contributed by atoms with Crippen LogP contribution in [0.1, 0.15) is 29.7 Å². The Hall–Kier alpha value is -1.29. The summed E-state index contributed by atoms with van der Waals surface area (Å²) < 4.78 is 9.69. The number of rotatable bonds is 4. The first kappa shape index (κ1) is 10.8. The molecular weight excluding hydrogens is 184 g/mol. The van der Waals surface area contributed by atoms with Crippen LogP contribution in [0.3, 0.4) is 0 Å². The first-order valence-corrected chi connectivity index (χ1v) is 4.48. The van der Waals surface area contributed by atoms with Crippen LogP contribution >= 0.6 is 0 Å². The average Bonchev–Trinajstić information content (AvgIpc) is 2.62. The third-order valence-electron chi connectivity index (χ3n) is 1.86. The summed E-state index contributed by atoms with van der Waals surface area (Å²) in [7, 11) is 1.31. The number of esters is 1. The van der Waals surface area contributed by atoms with E-state index in [1.54, 1.807) is 19.1 Å². The Balaban J connectivity index is 2.55. The molecule has 0 amide bonds. The number of furan rings is 1. The van der Waals surface area contributed by atoms with E-state index in [2.05, 4.69) is 4.74 Å². The van der Waals surface area contributed by atoms with E-state index < -0.39 is 5.97 Å². The molecule has 0 saturated carbocycles. The second kappa shape index (κ2) is 4.81. The molecule has 1 heterocycles. The molecule has 1 N–H and O–H groups in total. The summed E-state index contributed by atoms with van der Waals surface area (Å²) in [4.78, 5) is 11.0. The van der Waals surface area contributed by atoms with E-state index >= 15 is 0 Å². The lowest BCUT2D eigenvalue weighted by Crippen LogP contribution is -2.01. The Labute approximate surface area is 82.5 Å². The van der Waals surface area contributed by atoms with Crippen molar-refractivity contribution < 1.29 is 19.1 Å². The number of hydrogen-bond acceptors (Lipinski definition) is 4. The molecule has 1 atom stereocenters. The standard InChI is InChI=1S/C10H14O4/c1-7(11)3-4-8-5-6-9(14-8)10(12)13-2/h5-7,11H,3-4H2,1-2H3/t7-/m0/s1. The van der Waals surface area contributed by atoms with Gasteiger partial charge in [0.2, 0.25) is 5.76 Å². The van der Waals surface area contributed by atoms with Gasteiger partial charge in [0.05, 0.1) is 13.2 Å². The molecule has 1 rings (SSSR count). The van der Waals surface area contributed by atoms with Gasteiger partial charge in [0.15, 0.2) is 0 Å². The maximum Gasteiger partial charge on any atom is 0.373 e. The highest BCUT2D eigenvalue weighted by Gasteiger charge is 2.11. The number of carbonyl (C=O) groups excluding carboxylic acids is 1. The number of carbonyl (C=O) groups is 1. The molecule has 14 heavy (non-hydrogen) atoms. The van der Waals surface area contributed by atoms with Gasteiger partial charge in [0.25, 0.3) is 0 Å². The zero-order valence-electron chi connectivity index (χ0n) is 8.32. The van der Waals surface area contributed by atoms with Gasteiger partial charge in [-0.25, -0.2) is 4.79 Å². The van der Waals surface area contributed by atoms with Gasteiger partial charge in [-0.05, 0) is 25.5 Å². The van der Waals surface area contributed by atoms with E-state index in [1.165, 1.54) is 7.11 Å². The van der Waals surface area contributed by atoms with Gasteiger partial charge >= 0.3 is 5.97 Å². The van der Waals surface area contributed by atoms with Gasteiger partial charge in [-0.15, -0.1) is 0 Å². The molecule has 0 aliphatic heterocycles. The largest absolute Gasteiger partial charge is 0.463 e. The Morgan fingerprint density at radius 2 is 2.36 bits per heavy atom. The van der Waals surface area contributed by atoms with E-state index in [0.717, 1.165) is 0 Å². The van der Waals surface area contributed by atoms with Crippen LogP contribution in [0, 0.1) is 0 Å². The number of methoxy groups -OCH3 is 1. The number of ether oxygens (including phenoxy) is 1. The monoisotopic (exact) mass is 198 g/mol. The summed E-state index contributed by atoms with van der Waals surface area (Å²) in [6.07, 6.45) is 0.879. The number of aliphatic hydroxyl groups excluding tert-OH is 1. The molecule has 0 saturated heterocycles. The second-order valence-corrected chi connectivity index (χ2v) is 3.15. The maximum atomic E-state index is 11.0. The fourth-order valence-corrected chi connectivity index (χ4v) is 1.07. The quantitative estimate of drug-likeness (QED) is 0.742. The number of hydrogen-bond donors (Lipinski definition) is 1. The minimum Gasteiger partial charge on any atom is -0.463 e. The minimum atomic E-state index is -0.478. The molecule has 0 radical (unpaired) electrons. The first-order chi connectivity index (χ1) is 6.63. The van der Waals surface area contributed by atoms with Crippen LogP contribution < -0.4 is 0 Å². The Bertz CT molecular complexity index is 301. The zero-order chi connectivity index (χ0) is 10.6. The van der Waals surface area contributed by atoms with Crippen LogP contribution in [-0.4, -0.2) is 24.3 Å². The minimum absolute atomic E-state index is 0.202. The zero-order valence-corrected chi connectivity index (χ0v) is 8.32. The highest BCUT2D eigenvalue weighted by Crippen LogP contribution is 2.11. The SMILES string of the molecule is COC(=O)c1ccc(CC[C@H](C)O)o1. The molecular formula is C10H14O4. The van der Waals surface area contributed by atoms with Crippen LogP contribution in [0.15, 0.2) is 16.5 Å². The highest BCUT2D eigenvalue weighted by atomic mass is 16.5. The molecule has 4 heteroatoms. The van der Waals surface area contributed by atoms with Crippen molar-refractivity contribution in [3.05, 3.63) is 23.7 Å². The van der Waals surface area contributed by atoms with E-state index in [4.69, 9.17) is 9.52 Å². The number of aliphatic hydroxyl groups is 1. The molecule has 0 fully saturated rings. The van der Waals surface area contributed by atoms with Crippen LogP contribution in [0.4, 0.5) is 0 Å². The highest BCUT2D eigenvalue weighted by molar-refractivity contribution is 5.86. The Morgan fingerprint density at radius 3 is 2.93 bits per heavy atom. The van der Waals surface area contributed by atoms with Gasteiger partial charge < -0.3 is 14.3 Å².